The van der Waals surface area contributed by atoms with Gasteiger partial charge in [0.25, 0.3) is 0 Å². The highest BCUT2D eigenvalue weighted by Crippen LogP contribution is 2.25. The molecule has 1 aromatic rings. The topological polar surface area (TPSA) is 71.7 Å². The third kappa shape index (κ3) is 3.01. The summed E-state index contributed by atoms with van der Waals surface area (Å²) < 4.78 is 5.01. The summed E-state index contributed by atoms with van der Waals surface area (Å²) in [6.45, 7) is 9.05. The van der Waals surface area contributed by atoms with Crippen molar-refractivity contribution in [3.8, 4) is 0 Å². The number of esters is 1. The van der Waals surface area contributed by atoms with Crippen molar-refractivity contribution in [1.29, 1.82) is 0 Å². The number of hydrogen-bond donors (Lipinski definition) is 1. The van der Waals surface area contributed by atoms with Gasteiger partial charge in [-0.05, 0) is 19.5 Å². The molecule has 1 saturated heterocycles. The van der Waals surface area contributed by atoms with E-state index in [1.165, 1.54) is 0 Å². The fourth-order valence-electron chi connectivity index (χ4n) is 2.38. The third-order valence-corrected chi connectivity index (χ3v) is 3.58. The van der Waals surface area contributed by atoms with Gasteiger partial charge in [0.15, 0.2) is 5.82 Å². The van der Waals surface area contributed by atoms with Gasteiger partial charge in [-0.1, -0.05) is 6.92 Å². The van der Waals surface area contributed by atoms with Gasteiger partial charge < -0.3 is 20.3 Å². The van der Waals surface area contributed by atoms with E-state index in [0.29, 0.717) is 23.7 Å². The van der Waals surface area contributed by atoms with Crippen LogP contribution >= 0.6 is 0 Å². The van der Waals surface area contributed by atoms with E-state index in [4.69, 9.17) is 10.5 Å². The second-order valence-corrected chi connectivity index (χ2v) is 4.74. The number of likely N-dealkylation sites (N-methyl/N-ethyl adjacent to an activating group) is 1. The van der Waals surface area contributed by atoms with Crippen molar-refractivity contribution in [2.45, 2.75) is 13.8 Å². The Kier molecular flexibility index (Phi) is 4.79. The molecule has 1 aliphatic rings. The summed E-state index contributed by atoms with van der Waals surface area (Å²) in [7, 11) is 0. The molecule has 0 saturated carbocycles. The highest BCUT2D eigenvalue weighted by Gasteiger charge is 2.22. The number of carbonyl (C=O) groups excluding carboxylic acids is 1. The number of ether oxygens (including phenoxy) is 1. The van der Waals surface area contributed by atoms with Crippen molar-refractivity contribution < 1.29 is 9.53 Å². The van der Waals surface area contributed by atoms with Crippen LogP contribution in [0.1, 0.15) is 24.2 Å². The quantitative estimate of drug-likeness (QED) is 0.828. The minimum atomic E-state index is -0.388. The maximum absolute atomic E-state index is 11.8. The van der Waals surface area contributed by atoms with Crippen molar-refractivity contribution in [3.05, 3.63) is 17.8 Å². The number of anilines is 2. The zero-order valence-electron chi connectivity index (χ0n) is 12.1. The van der Waals surface area contributed by atoms with Gasteiger partial charge in [-0.25, -0.2) is 9.78 Å². The summed E-state index contributed by atoms with van der Waals surface area (Å²) in [5.41, 5.74) is 6.90. The Morgan fingerprint density at radius 2 is 2.05 bits per heavy atom. The second kappa shape index (κ2) is 6.56. The van der Waals surface area contributed by atoms with E-state index in [2.05, 4.69) is 21.7 Å². The minimum Gasteiger partial charge on any atom is -0.462 e. The molecule has 0 atom stereocenters. The fourth-order valence-corrected chi connectivity index (χ4v) is 2.38. The molecule has 2 rings (SSSR count). The van der Waals surface area contributed by atoms with Crippen LogP contribution in [-0.4, -0.2) is 55.2 Å². The van der Waals surface area contributed by atoms with Crippen molar-refractivity contribution in [1.82, 2.24) is 9.88 Å². The van der Waals surface area contributed by atoms with Crippen molar-refractivity contribution in [2.24, 2.45) is 0 Å². The Balaban J connectivity index is 2.17. The Labute approximate surface area is 119 Å². The first-order valence-corrected chi connectivity index (χ1v) is 7.06. The zero-order valence-corrected chi connectivity index (χ0v) is 12.1. The number of rotatable bonds is 4. The highest BCUT2D eigenvalue weighted by atomic mass is 16.5. The molecule has 2 heterocycles. The lowest BCUT2D eigenvalue weighted by Crippen LogP contribution is -2.46. The van der Waals surface area contributed by atoms with Crippen LogP contribution in [0.3, 0.4) is 0 Å². The normalized spacial score (nSPS) is 16.2. The lowest BCUT2D eigenvalue weighted by atomic mass is 10.2. The molecular weight excluding hydrogens is 256 g/mol. The molecular formula is C14H22N4O2. The van der Waals surface area contributed by atoms with Crippen LogP contribution < -0.4 is 10.6 Å². The standard InChI is InChI=1S/C14H22N4O2/c1-3-17-7-9-18(10-8-17)13-12(15)11(5-6-16-13)14(19)20-4-2/h5-6H,3-4,7-10,15H2,1-2H3. The van der Waals surface area contributed by atoms with Gasteiger partial charge >= 0.3 is 5.97 Å². The predicted molar refractivity (Wildman–Crippen MR) is 78.9 cm³/mol. The number of carbonyl (C=O) groups is 1. The molecule has 0 aromatic carbocycles. The number of nitrogen functional groups attached to an aromatic ring is 1. The zero-order chi connectivity index (χ0) is 14.5. The predicted octanol–water partition coefficient (Wildman–Crippen LogP) is 0.982. The van der Waals surface area contributed by atoms with Gasteiger partial charge in [-0.2, -0.15) is 0 Å². The fraction of sp³-hybridized carbons (Fsp3) is 0.571. The first-order chi connectivity index (χ1) is 9.67. The van der Waals surface area contributed by atoms with Gasteiger partial charge in [0, 0.05) is 32.4 Å². The van der Waals surface area contributed by atoms with E-state index in [-0.39, 0.29) is 5.97 Å². The number of piperazine rings is 1. The Hall–Kier alpha value is -1.82. The van der Waals surface area contributed by atoms with Gasteiger partial charge in [0.05, 0.1) is 17.9 Å². The van der Waals surface area contributed by atoms with E-state index >= 15 is 0 Å². The summed E-state index contributed by atoms with van der Waals surface area (Å²) in [5, 5.41) is 0. The summed E-state index contributed by atoms with van der Waals surface area (Å²) in [6, 6.07) is 1.61. The van der Waals surface area contributed by atoms with Crippen LogP contribution in [-0.2, 0) is 4.74 Å². The molecule has 2 N–H and O–H groups in total. The van der Waals surface area contributed by atoms with Crippen LogP contribution in [0.25, 0.3) is 0 Å². The average Bonchev–Trinajstić information content (AvgIpc) is 2.48. The average molecular weight is 278 g/mol. The molecule has 0 unspecified atom stereocenters. The molecule has 0 aliphatic carbocycles. The molecule has 6 nitrogen and oxygen atoms in total. The van der Waals surface area contributed by atoms with Crippen molar-refractivity contribution in [3.63, 3.8) is 0 Å². The maximum atomic E-state index is 11.8. The molecule has 110 valence electrons. The molecule has 0 radical (unpaired) electrons. The molecule has 6 heteroatoms. The summed E-state index contributed by atoms with van der Waals surface area (Å²) in [5.74, 6) is 0.298. The van der Waals surface area contributed by atoms with Gasteiger partial charge in [-0.15, -0.1) is 0 Å². The number of nitrogens with zero attached hydrogens (tertiary/aromatic N) is 3. The third-order valence-electron chi connectivity index (χ3n) is 3.58. The van der Waals surface area contributed by atoms with Gasteiger partial charge in [-0.3, -0.25) is 0 Å². The van der Waals surface area contributed by atoms with E-state index in [0.717, 1.165) is 32.7 Å². The van der Waals surface area contributed by atoms with Crippen LogP contribution in [0.2, 0.25) is 0 Å². The van der Waals surface area contributed by atoms with Crippen LogP contribution in [0.4, 0.5) is 11.5 Å². The van der Waals surface area contributed by atoms with Crippen LogP contribution in [0.5, 0.6) is 0 Å². The molecule has 1 fully saturated rings. The van der Waals surface area contributed by atoms with E-state index in [1.54, 1.807) is 19.2 Å². The first kappa shape index (κ1) is 14.6. The van der Waals surface area contributed by atoms with E-state index in [1.807, 2.05) is 0 Å². The van der Waals surface area contributed by atoms with Crippen LogP contribution in [0, 0.1) is 0 Å². The summed E-state index contributed by atoms with van der Waals surface area (Å²) in [6.07, 6.45) is 1.62. The minimum absolute atomic E-state index is 0.338. The van der Waals surface area contributed by atoms with Gasteiger partial charge in [0.1, 0.15) is 0 Å². The maximum Gasteiger partial charge on any atom is 0.340 e. The number of hydrogen-bond acceptors (Lipinski definition) is 6. The van der Waals surface area contributed by atoms with E-state index < -0.39 is 0 Å². The Morgan fingerprint density at radius 3 is 2.65 bits per heavy atom. The van der Waals surface area contributed by atoms with Crippen molar-refractivity contribution >= 4 is 17.5 Å². The van der Waals surface area contributed by atoms with Crippen molar-refractivity contribution in [2.75, 3.05) is 50.0 Å². The second-order valence-electron chi connectivity index (χ2n) is 4.74. The molecule has 0 bridgehead atoms. The number of pyridine rings is 1. The molecule has 0 amide bonds. The smallest absolute Gasteiger partial charge is 0.340 e. The summed E-state index contributed by atoms with van der Waals surface area (Å²) in [4.78, 5) is 20.7. The first-order valence-electron chi connectivity index (χ1n) is 7.06. The van der Waals surface area contributed by atoms with Crippen LogP contribution in [0.15, 0.2) is 12.3 Å². The Morgan fingerprint density at radius 1 is 1.35 bits per heavy atom. The monoisotopic (exact) mass is 278 g/mol. The molecule has 20 heavy (non-hydrogen) atoms. The molecule has 0 spiro atoms. The van der Waals surface area contributed by atoms with E-state index in [9.17, 15) is 4.79 Å². The van der Waals surface area contributed by atoms with Gasteiger partial charge in [0.2, 0.25) is 0 Å². The lowest BCUT2D eigenvalue weighted by Gasteiger charge is -2.35. The molecule has 1 aliphatic heterocycles. The summed E-state index contributed by atoms with van der Waals surface area (Å²) >= 11 is 0. The lowest BCUT2D eigenvalue weighted by molar-refractivity contribution is 0.0527. The SMILES string of the molecule is CCOC(=O)c1ccnc(N2CCN(CC)CC2)c1N. The Bertz CT molecular complexity index is 470. The largest absolute Gasteiger partial charge is 0.462 e. The number of aromatic nitrogens is 1. The number of nitrogens with two attached hydrogens (primary N) is 1. The molecule has 1 aromatic heterocycles. The highest BCUT2D eigenvalue weighted by molar-refractivity contribution is 5.97.